The minimum absolute atomic E-state index is 0.0638. The maximum Gasteiger partial charge on any atom is 0.373 e. The van der Waals surface area contributed by atoms with Crippen molar-refractivity contribution in [1.82, 2.24) is 4.98 Å². The molecule has 0 saturated heterocycles. The molecule has 4 heterocycles. The molecule has 4 rings (SSSR count). The van der Waals surface area contributed by atoms with Crippen molar-refractivity contribution in [2.45, 2.75) is 79.2 Å². The highest BCUT2D eigenvalue weighted by Crippen LogP contribution is 2.39. The lowest BCUT2D eigenvalue weighted by Gasteiger charge is -2.19. The number of fused-ring (bicyclic) bond motifs is 2. The fourth-order valence-electron chi connectivity index (χ4n) is 4.06. The molecule has 2 aromatic rings. The molecule has 210 valence electrons. The smallest absolute Gasteiger partial charge is 0.373 e. The Balaban J connectivity index is 0.000000342. The zero-order valence-corrected chi connectivity index (χ0v) is 24.3. The van der Waals surface area contributed by atoms with E-state index in [4.69, 9.17) is 19.2 Å². The van der Waals surface area contributed by atoms with Crippen LogP contribution in [-0.4, -0.2) is 47.4 Å². The molecule has 0 saturated carbocycles. The fourth-order valence-corrected chi connectivity index (χ4v) is 4.54. The van der Waals surface area contributed by atoms with E-state index in [1.165, 1.54) is 11.1 Å². The van der Waals surface area contributed by atoms with Crippen molar-refractivity contribution in [2.75, 3.05) is 5.75 Å². The Bertz CT molecular complexity index is 1430. The van der Waals surface area contributed by atoms with Crippen molar-refractivity contribution in [1.29, 1.82) is 0 Å². The zero-order valence-electron chi connectivity index (χ0n) is 23.5. The van der Waals surface area contributed by atoms with E-state index in [1.807, 2.05) is 30.8 Å². The maximum absolute atomic E-state index is 10.7. The molecular formula is C27H34N4O7S. The van der Waals surface area contributed by atoms with Crippen molar-refractivity contribution < 1.29 is 36.7 Å². The first-order valence-corrected chi connectivity index (χ1v) is 13.6. The number of carbonyl (C=O) groups excluding carboxylic acids is 4. The molecule has 2 aliphatic heterocycles. The molecule has 0 radical (unpaired) electrons. The Kier molecular flexibility index (Phi) is 11.5. The molecule has 11 nitrogen and oxygen atoms in total. The van der Waals surface area contributed by atoms with Gasteiger partial charge in [-0.25, -0.2) is 23.0 Å². The van der Waals surface area contributed by atoms with Crippen LogP contribution in [0.5, 0.6) is 0 Å². The van der Waals surface area contributed by atoms with Gasteiger partial charge in [0.1, 0.15) is 5.71 Å². The average molecular weight is 559 g/mol. The number of pyridine rings is 2. The van der Waals surface area contributed by atoms with Crippen molar-refractivity contribution in [3.63, 3.8) is 0 Å². The number of nitrogens with zero attached hydrogens (tertiary/aromatic N) is 4. The Morgan fingerprint density at radius 1 is 0.846 bits per heavy atom. The van der Waals surface area contributed by atoms with Crippen LogP contribution in [0.2, 0.25) is 0 Å². The molecule has 0 bridgehead atoms. The molecule has 0 N–H and O–H groups in total. The Morgan fingerprint density at radius 2 is 1.33 bits per heavy atom. The van der Waals surface area contributed by atoms with Crippen molar-refractivity contribution >= 4 is 45.5 Å². The first kappa shape index (κ1) is 33.3. The van der Waals surface area contributed by atoms with E-state index >= 15 is 0 Å². The minimum atomic E-state index is -4.15. The van der Waals surface area contributed by atoms with Gasteiger partial charge in [0.25, 0.3) is 0 Å². The lowest BCUT2D eigenvalue weighted by molar-refractivity contribution is -0.684. The average Bonchev–Trinajstić information content (AvgIpc) is 3.17. The Morgan fingerprint density at radius 3 is 1.87 bits per heavy atom. The van der Waals surface area contributed by atoms with Gasteiger partial charge in [0.15, 0.2) is 5.82 Å². The van der Waals surface area contributed by atoms with Crippen molar-refractivity contribution in [2.24, 2.45) is 9.98 Å². The second-order valence-corrected chi connectivity index (χ2v) is 11.8. The van der Waals surface area contributed by atoms with Gasteiger partial charge in [0.2, 0.25) is 0 Å². The lowest BCUT2D eigenvalue weighted by Crippen LogP contribution is -2.36. The number of hydrogen-bond donors (Lipinski definition) is 0. The minimum Gasteiger partial charge on any atom is -0.748 e. The van der Waals surface area contributed by atoms with E-state index in [2.05, 4.69) is 68.6 Å². The summed E-state index contributed by atoms with van der Waals surface area (Å²) in [6.45, 7) is 17.3. The molecule has 39 heavy (non-hydrogen) atoms. The topological polar surface area (TPSA) is 167 Å². The highest BCUT2D eigenvalue weighted by atomic mass is 32.2. The van der Waals surface area contributed by atoms with Crippen LogP contribution in [0.3, 0.4) is 0 Å². The van der Waals surface area contributed by atoms with E-state index in [0.29, 0.717) is 13.0 Å². The third-order valence-corrected chi connectivity index (χ3v) is 7.53. The first-order valence-electron chi connectivity index (χ1n) is 12.0. The summed E-state index contributed by atoms with van der Waals surface area (Å²) < 4.78 is 34.0. The van der Waals surface area contributed by atoms with Crippen LogP contribution in [0.25, 0.3) is 0 Å². The molecule has 12 heteroatoms. The van der Waals surface area contributed by atoms with E-state index in [0.717, 1.165) is 34.2 Å². The molecule has 0 unspecified atom stereocenters. The van der Waals surface area contributed by atoms with Crippen molar-refractivity contribution in [3.05, 3.63) is 46.8 Å². The van der Waals surface area contributed by atoms with Gasteiger partial charge in [-0.2, -0.15) is 19.2 Å². The molecule has 2 aromatic heterocycles. The van der Waals surface area contributed by atoms with Crippen molar-refractivity contribution in [3.8, 4) is 0 Å². The van der Waals surface area contributed by atoms with Crippen LogP contribution < -0.4 is 4.57 Å². The SMILES string of the molecule is CC1=Nc2c(cc(C)c[n+]2CCCS(=O)(=O)[O-])C1(C)C.CC1=Nc2ncc(C)cc2C1(C)C.O=C=O.O=C=O. The third-order valence-electron chi connectivity index (χ3n) is 6.74. The second kappa shape index (κ2) is 13.4. The van der Waals surface area contributed by atoms with E-state index in [1.54, 1.807) is 0 Å². The Hall–Kier alpha value is -3.69. The van der Waals surface area contributed by atoms with Gasteiger partial charge in [0, 0.05) is 28.6 Å². The van der Waals surface area contributed by atoms with Gasteiger partial charge in [-0.15, -0.1) is 0 Å². The number of rotatable bonds is 4. The van der Waals surface area contributed by atoms with Gasteiger partial charge in [-0.3, -0.25) is 0 Å². The molecule has 0 atom stereocenters. The molecule has 0 fully saturated rings. The fraction of sp³-hybridized carbons (Fsp3) is 0.481. The first-order chi connectivity index (χ1) is 18.0. The predicted octanol–water partition coefficient (Wildman–Crippen LogP) is 3.21. The van der Waals surface area contributed by atoms with Crippen LogP contribution >= 0.6 is 0 Å². The van der Waals surface area contributed by atoms with Crippen LogP contribution in [0.4, 0.5) is 11.6 Å². The van der Waals surface area contributed by atoms with Gasteiger partial charge in [0.05, 0.1) is 33.8 Å². The number of hydrogen-bond acceptors (Lipinski definition) is 10. The van der Waals surface area contributed by atoms with Gasteiger partial charge in [-0.05, 0) is 76.2 Å². The van der Waals surface area contributed by atoms with Gasteiger partial charge >= 0.3 is 18.1 Å². The maximum atomic E-state index is 10.7. The summed E-state index contributed by atoms with van der Waals surface area (Å²) in [6, 6.07) is 4.30. The molecule has 0 aromatic carbocycles. The number of aromatic nitrogens is 2. The monoisotopic (exact) mass is 558 g/mol. The lowest BCUT2D eigenvalue weighted by atomic mass is 9.82. The number of aryl methyl sites for hydroxylation is 3. The van der Waals surface area contributed by atoms with Gasteiger partial charge in [-0.1, -0.05) is 13.8 Å². The number of aliphatic imine (C=N–C) groups is 2. The summed E-state index contributed by atoms with van der Waals surface area (Å²) in [5.74, 6) is 1.43. The molecular weight excluding hydrogens is 524 g/mol. The zero-order chi connectivity index (χ0) is 30.2. The Labute approximate surface area is 228 Å². The summed E-state index contributed by atoms with van der Waals surface area (Å²) in [6.07, 6.45) is 4.63. The standard InChI is InChI=1S/C14H20N2O3S.C11H14N2.2CO2/c1-10-8-12-13(15-11(2)14(12,3)4)16(9-10)6-5-7-20(17,18)19;1-7-5-9-10(12-6-7)13-8(2)11(9,3)4;2*2-1-3/h8-9H,5-7H2,1-4H3;5-6H,1-4H3;;. The predicted molar refractivity (Wildman–Crippen MR) is 141 cm³/mol. The van der Waals surface area contributed by atoms with Crippen LogP contribution in [0.1, 0.15) is 70.2 Å². The quantitative estimate of drug-likeness (QED) is 0.407. The largest absolute Gasteiger partial charge is 0.748 e. The van der Waals surface area contributed by atoms with Crippen LogP contribution in [0, 0.1) is 13.8 Å². The van der Waals surface area contributed by atoms with E-state index in [-0.39, 0.29) is 28.9 Å². The summed E-state index contributed by atoms with van der Waals surface area (Å²) >= 11 is 0. The molecule has 0 amide bonds. The summed E-state index contributed by atoms with van der Waals surface area (Å²) in [4.78, 5) is 45.9. The van der Waals surface area contributed by atoms with Crippen LogP contribution in [-0.2, 0) is 46.7 Å². The second-order valence-electron chi connectivity index (χ2n) is 10.3. The third kappa shape index (κ3) is 8.66. The summed E-state index contributed by atoms with van der Waals surface area (Å²) in [5.41, 5.74) is 6.87. The van der Waals surface area contributed by atoms with Gasteiger partial charge < -0.3 is 4.55 Å². The summed E-state index contributed by atoms with van der Waals surface area (Å²) in [7, 11) is -4.15. The van der Waals surface area contributed by atoms with E-state index in [9.17, 15) is 13.0 Å². The molecule has 0 spiro atoms. The highest BCUT2D eigenvalue weighted by molar-refractivity contribution is 7.85. The summed E-state index contributed by atoms with van der Waals surface area (Å²) in [5, 5.41) is 0. The van der Waals surface area contributed by atoms with Crippen LogP contribution in [0.15, 0.2) is 34.5 Å². The molecule has 0 aliphatic carbocycles. The highest BCUT2D eigenvalue weighted by Gasteiger charge is 2.41. The molecule has 2 aliphatic rings. The normalized spacial score (nSPS) is 15.2. The van der Waals surface area contributed by atoms with E-state index < -0.39 is 10.1 Å².